The first-order valence-electron chi connectivity index (χ1n) is 9.31. The number of amides is 2. The molecule has 10 heteroatoms. The van der Waals surface area contributed by atoms with E-state index in [0.29, 0.717) is 19.6 Å². The molecule has 0 radical (unpaired) electrons. The van der Waals surface area contributed by atoms with Crippen LogP contribution in [0.4, 0.5) is 8.78 Å². The average molecular weight is 453 g/mol. The minimum absolute atomic E-state index is 0. The van der Waals surface area contributed by atoms with Crippen LogP contribution in [0, 0.1) is 5.92 Å². The molecule has 2 fully saturated rings. The van der Waals surface area contributed by atoms with Gasteiger partial charge in [0.25, 0.3) is 5.92 Å². The van der Waals surface area contributed by atoms with Gasteiger partial charge in [-0.2, -0.15) is 0 Å². The molecule has 2 atom stereocenters. The lowest BCUT2D eigenvalue weighted by atomic mass is 9.97. The fourth-order valence-corrected chi connectivity index (χ4v) is 3.74. The summed E-state index contributed by atoms with van der Waals surface area (Å²) in [5.41, 5.74) is 7.42. The number of primary amides is 1. The topological polar surface area (TPSA) is 87.5 Å². The fourth-order valence-electron chi connectivity index (χ4n) is 3.74. The first-order valence-corrected chi connectivity index (χ1v) is 9.31. The number of nitrogens with two attached hydrogens (primary N) is 1. The third-order valence-corrected chi connectivity index (χ3v) is 5.20. The Kier molecular flexibility index (Phi) is 9.75. The standard InChI is InChI=1S/C19H26F2N4O2.2ClH/c20-19(21)8-16(24-12-19)18(27)23-9-13-3-1-4-14(7-13)10-25-6-2-5-15(11-25)17(22)26;;/h1,3-4,7,15-16,24H,2,5-6,8-12H2,(H2,22,26)(H,23,27);2*1H. The fraction of sp³-hybridized carbons (Fsp3) is 0.579. The van der Waals surface area contributed by atoms with Crippen molar-refractivity contribution in [1.82, 2.24) is 15.5 Å². The molecule has 0 spiro atoms. The molecule has 164 valence electrons. The maximum absolute atomic E-state index is 13.2. The second-order valence-corrected chi connectivity index (χ2v) is 7.51. The molecule has 0 aliphatic carbocycles. The van der Waals surface area contributed by atoms with Gasteiger partial charge in [0.15, 0.2) is 0 Å². The second kappa shape index (κ2) is 11.1. The van der Waals surface area contributed by atoms with Gasteiger partial charge in [-0.05, 0) is 30.5 Å². The van der Waals surface area contributed by atoms with Gasteiger partial charge >= 0.3 is 0 Å². The van der Waals surface area contributed by atoms with Crippen LogP contribution in [0.2, 0.25) is 0 Å². The number of nitrogens with zero attached hydrogens (tertiary/aromatic N) is 1. The van der Waals surface area contributed by atoms with Gasteiger partial charge in [-0.1, -0.05) is 24.3 Å². The number of alkyl halides is 2. The molecule has 2 heterocycles. The lowest BCUT2D eigenvalue weighted by molar-refractivity contribution is -0.124. The summed E-state index contributed by atoms with van der Waals surface area (Å²) in [7, 11) is 0. The Balaban J connectivity index is 0.00000210. The molecular weight excluding hydrogens is 425 g/mol. The van der Waals surface area contributed by atoms with Gasteiger partial charge in [-0.25, -0.2) is 8.78 Å². The van der Waals surface area contributed by atoms with Gasteiger partial charge in [0, 0.05) is 26.1 Å². The SMILES string of the molecule is Cl.Cl.NC(=O)C1CCCN(Cc2cccc(CNC(=O)C3CC(F)(F)CN3)c2)C1. The molecule has 0 saturated carbocycles. The van der Waals surface area contributed by atoms with Crippen molar-refractivity contribution in [2.75, 3.05) is 19.6 Å². The summed E-state index contributed by atoms with van der Waals surface area (Å²) in [6.07, 6.45) is 1.32. The van der Waals surface area contributed by atoms with E-state index in [9.17, 15) is 18.4 Å². The summed E-state index contributed by atoms with van der Waals surface area (Å²) >= 11 is 0. The Hall–Kier alpha value is -1.48. The van der Waals surface area contributed by atoms with Crippen molar-refractivity contribution in [3.05, 3.63) is 35.4 Å². The van der Waals surface area contributed by atoms with E-state index in [2.05, 4.69) is 15.5 Å². The summed E-state index contributed by atoms with van der Waals surface area (Å²) in [5, 5.41) is 5.28. The quantitative estimate of drug-likeness (QED) is 0.614. The van der Waals surface area contributed by atoms with E-state index in [1.807, 2.05) is 24.3 Å². The molecule has 2 saturated heterocycles. The van der Waals surface area contributed by atoms with E-state index in [-0.39, 0.29) is 36.6 Å². The molecule has 3 rings (SSSR count). The number of hydrogen-bond donors (Lipinski definition) is 3. The number of carbonyl (C=O) groups is 2. The molecule has 2 aliphatic heterocycles. The molecule has 29 heavy (non-hydrogen) atoms. The zero-order valence-corrected chi connectivity index (χ0v) is 17.7. The first kappa shape index (κ1) is 25.6. The van der Waals surface area contributed by atoms with E-state index in [1.165, 1.54) is 0 Å². The minimum Gasteiger partial charge on any atom is -0.369 e. The zero-order chi connectivity index (χ0) is 19.4. The number of likely N-dealkylation sites (tertiary alicyclic amines) is 1. The maximum Gasteiger partial charge on any atom is 0.262 e. The molecule has 1 aromatic carbocycles. The Morgan fingerprint density at radius 2 is 2.00 bits per heavy atom. The predicted molar refractivity (Wildman–Crippen MR) is 111 cm³/mol. The molecule has 2 amide bonds. The van der Waals surface area contributed by atoms with Crippen molar-refractivity contribution in [2.45, 2.75) is 44.3 Å². The summed E-state index contributed by atoms with van der Waals surface area (Å²) in [4.78, 5) is 25.7. The Morgan fingerprint density at radius 1 is 1.28 bits per heavy atom. The molecule has 0 bridgehead atoms. The average Bonchev–Trinajstić information content (AvgIpc) is 3.00. The van der Waals surface area contributed by atoms with Crippen LogP contribution in [0.5, 0.6) is 0 Å². The van der Waals surface area contributed by atoms with Gasteiger partial charge in [0.1, 0.15) is 0 Å². The smallest absolute Gasteiger partial charge is 0.262 e. The number of piperidine rings is 1. The van der Waals surface area contributed by atoms with Crippen molar-refractivity contribution in [3.63, 3.8) is 0 Å². The summed E-state index contributed by atoms with van der Waals surface area (Å²) in [5.74, 6) is -3.57. The van der Waals surface area contributed by atoms with E-state index >= 15 is 0 Å². The number of benzene rings is 1. The third-order valence-electron chi connectivity index (χ3n) is 5.20. The van der Waals surface area contributed by atoms with Crippen molar-refractivity contribution in [3.8, 4) is 0 Å². The van der Waals surface area contributed by atoms with Crippen LogP contribution >= 0.6 is 24.8 Å². The first-order chi connectivity index (χ1) is 12.8. The summed E-state index contributed by atoms with van der Waals surface area (Å²) < 4.78 is 26.4. The lowest BCUT2D eigenvalue weighted by Gasteiger charge is -2.31. The highest BCUT2D eigenvalue weighted by molar-refractivity contribution is 5.85. The van der Waals surface area contributed by atoms with Crippen LogP contribution in [0.1, 0.15) is 30.4 Å². The minimum atomic E-state index is -2.82. The Labute approximate surface area is 181 Å². The normalized spacial score (nSPS) is 23.5. The highest BCUT2D eigenvalue weighted by atomic mass is 35.5. The van der Waals surface area contributed by atoms with Crippen LogP contribution in [0.25, 0.3) is 0 Å². The van der Waals surface area contributed by atoms with Crippen LogP contribution in [-0.2, 0) is 22.7 Å². The monoisotopic (exact) mass is 452 g/mol. The number of halogens is 4. The molecule has 2 aliphatic rings. The van der Waals surface area contributed by atoms with Gasteiger partial charge < -0.3 is 11.1 Å². The lowest BCUT2D eigenvalue weighted by Crippen LogP contribution is -2.40. The summed E-state index contributed by atoms with van der Waals surface area (Å²) in [6, 6.07) is 6.95. The molecule has 4 N–H and O–H groups in total. The van der Waals surface area contributed by atoms with Gasteiger partial charge in [0.05, 0.1) is 18.5 Å². The molecule has 0 aromatic heterocycles. The molecule has 1 aromatic rings. The second-order valence-electron chi connectivity index (χ2n) is 7.51. The van der Waals surface area contributed by atoms with Crippen molar-refractivity contribution in [2.24, 2.45) is 11.7 Å². The molecule has 2 unspecified atom stereocenters. The molecule has 6 nitrogen and oxygen atoms in total. The third kappa shape index (κ3) is 7.37. The van der Waals surface area contributed by atoms with E-state index in [1.54, 1.807) is 0 Å². The number of carbonyl (C=O) groups excluding carboxylic acids is 2. The number of rotatable bonds is 6. The largest absolute Gasteiger partial charge is 0.369 e. The van der Waals surface area contributed by atoms with Crippen LogP contribution in [0.15, 0.2) is 24.3 Å². The predicted octanol–water partition coefficient (Wildman–Crippen LogP) is 1.84. The van der Waals surface area contributed by atoms with Crippen LogP contribution < -0.4 is 16.4 Å². The van der Waals surface area contributed by atoms with E-state index in [0.717, 1.165) is 30.5 Å². The molecular formula is C19H28Cl2F2N4O2. The van der Waals surface area contributed by atoms with Crippen molar-refractivity contribution < 1.29 is 18.4 Å². The van der Waals surface area contributed by atoms with E-state index in [4.69, 9.17) is 5.73 Å². The van der Waals surface area contributed by atoms with Crippen LogP contribution in [-0.4, -0.2) is 48.3 Å². The van der Waals surface area contributed by atoms with Crippen LogP contribution in [0.3, 0.4) is 0 Å². The van der Waals surface area contributed by atoms with Crippen molar-refractivity contribution >= 4 is 36.6 Å². The van der Waals surface area contributed by atoms with Gasteiger partial charge in [-0.15, -0.1) is 24.8 Å². The highest BCUT2D eigenvalue weighted by Crippen LogP contribution is 2.25. The highest BCUT2D eigenvalue weighted by Gasteiger charge is 2.42. The Bertz CT molecular complexity index is 709. The van der Waals surface area contributed by atoms with E-state index < -0.39 is 30.8 Å². The van der Waals surface area contributed by atoms with Gasteiger partial charge in [-0.3, -0.25) is 19.8 Å². The van der Waals surface area contributed by atoms with Crippen molar-refractivity contribution in [1.29, 1.82) is 0 Å². The Morgan fingerprint density at radius 3 is 2.66 bits per heavy atom. The number of nitrogens with one attached hydrogen (secondary N) is 2. The zero-order valence-electron chi connectivity index (χ0n) is 16.0. The maximum atomic E-state index is 13.2. The van der Waals surface area contributed by atoms with Gasteiger partial charge in [0.2, 0.25) is 11.8 Å². The summed E-state index contributed by atoms with van der Waals surface area (Å²) in [6.45, 7) is 2.13. The number of hydrogen-bond acceptors (Lipinski definition) is 4.